The molecule has 1 aromatic heterocycles. The zero-order valence-electron chi connectivity index (χ0n) is 14.8. The Hall–Kier alpha value is -3.42. The molecule has 0 unspecified atom stereocenters. The molecule has 0 aliphatic carbocycles. The summed E-state index contributed by atoms with van der Waals surface area (Å²) in [5.41, 5.74) is 5.00. The summed E-state index contributed by atoms with van der Waals surface area (Å²) >= 11 is 3.41. The number of nitrogens with zero attached hydrogens (tertiary/aromatic N) is 1. The summed E-state index contributed by atoms with van der Waals surface area (Å²) in [5, 5.41) is 9.46. The Balaban J connectivity index is 1.79. The number of benzene rings is 3. The van der Waals surface area contributed by atoms with Gasteiger partial charge in [-0.05, 0) is 40.5 Å². The third-order valence-electron chi connectivity index (χ3n) is 4.60. The van der Waals surface area contributed by atoms with Crippen molar-refractivity contribution >= 4 is 15.9 Å². The fourth-order valence-electron chi connectivity index (χ4n) is 3.16. The molecule has 0 saturated carbocycles. The lowest BCUT2D eigenvalue weighted by Gasteiger charge is -2.09. The minimum absolute atomic E-state index is 0.118. The lowest BCUT2D eigenvalue weighted by atomic mass is 9.98. The second-order valence-electron chi connectivity index (χ2n) is 6.36. The summed E-state index contributed by atoms with van der Waals surface area (Å²) in [6, 6.07) is 29.6. The van der Waals surface area contributed by atoms with Crippen LogP contribution in [0.15, 0.2) is 94.2 Å². The molecule has 3 aromatic carbocycles. The molecule has 0 radical (unpaired) electrons. The van der Waals surface area contributed by atoms with Gasteiger partial charge >= 0.3 is 0 Å². The van der Waals surface area contributed by atoms with Crippen LogP contribution in [-0.2, 0) is 0 Å². The highest BCUT2D eigenvalue weighted by molar-refractivity contribution is 9.10. The van der Waals surface area contributed by atoms with E-state index < -0.39 is 0 Å². The van der Waals surface area contributed by atoms with Gasteiger partial charge in [0.25, 0.3) is 5.56 Å². The van der Waals surface area contributed by atoms with Crippen molar-refractivity contribution in [3.8, 4) is 39.6 Å². The average Bonchev–Trinajstić information content (AvgIpc) is 2.74. The summed E-state index contributed by atoms with van der Waals surface area (Å²) in [7, 11) is 0. The number of nitriles is 1. The molecule has 4 aromatic rings. The van der Waals surface area contributed by atoms with Crippen LogP contribution in [0.3, 0.4) is 0 Å². The van der Waals surface area contributed by atoms with Crippen molar-refractivity contribution in [1.82, 2.24) is 4.98 Å². The smallest absolute Gasteiger partial charge is 0.266 e. The Morgan fingerprint density at radius 1 is 0.750 bits per heavy atom. The molecule has 28 heavy (non-hydrogen) atoms. The average molecular weight is 427 g/mol. The highest BCUT2D eigenvalue weighted by atomic mass is 79.9. The van der Waals surface area contributed by atoms with Crippen LogP contribution in [-0.4, -0.2) is 4.98 Å². The molecule has 134 valence electrons. The van der Waals surface area contributed by atoms with Gasteiger partial charge in [0.15, 0.2) is 0 Å². The van der Waals surface area contributed by atoms with Gasteiger partial charge in [0.05, 0.1) is 0 Å². The summed E-state index contributed by atoms with van der Waals surface area (Å²) in [6.07, 6.45) is 0. The largest absolute Gasteiger partial charge is 0.321 e. The van der Waals surface area contributed by atoms with Crippen molar-refractivity contribution in [1.29, 1.82) is 5.26 Å². The van der Waals surface area contributed by atoms with E-state index in [1.807, 2.05) is 78.9 Å². The number of aromatic nitrogens is 1. The first-order valence-electron chi connectivity index (χ1n) is 8.75. The molecule has 0 bridgehead atoms. The fraction of sp³-hybridized carbons (Fsp3) is 0. The second-order valence-corrected chi connectivity index (χ2v) is 7.28. The maximum atomic E-state index is 12.5. The van der Waals surface area contributed by atoms with Crippen LogP contribution in [0.25, 0.3) is 33.5 Å². The second kappa shape index (κ2) is 7.67. The Morgan fingerprint density at radius 2 is 1.32 bits per heavy atom. The van der Waals surface area contributed by atoms with E-state index in [0.717, 1.165) is 26.7 Å². The minimum atomic E-state index is -0.384. The van der Waals surface area contributed by atoms with Crippen molar-refractivity contribution in [2.75, 3.05) is 0 Å². The van der Waals surface area contributed by atoms with Gasteiger partial charge in [-0.25, -0.2) is 0 Å². The molecule has 0 aliphatic heterocycles. The van der Waals surface area contributed by atoms with Crippen LogP contribution in [0.2, 0.25) is 0 Å². The number of halogens is 1. The predicted octanol–water partition coefficient (Wildman–Crippen LogP) is 6.01. The number of pyridine rings is 1. The lowest BCUT2D eigenvalue weighted by Crippen LogP contribution is -2.12. The molecule has 1 heterocycles. The Morgan fingerprint density at radius 3 is 1.96 bits per heavy atom. The van der Waals surface area contributed by atoms with Gasteiger partial charge in [-0.1, -0.05) is 82.7 Å². The summed E-state index contributed by atoms with van der Waals surface area (Å²) in [4.78, 5) is 15.3. The number of nitrogens with one attached hydrogen (secondary N) is 1. The van der Waals surface area contributed by atoms with Crippen molar-refractivity contribution in [3.63, 3.8) is 0 Å². The van der Waals surface area contributed by atoms with E-state index in [0.29, 0.717) is 11.3 Å². The van der Waals surface area contributed by atoms with Crippen molar-refractivity contribution in [2.45, 2.75) is 0 Å². The zero-order valence-corrected chi connectivity index (χ0v) is 16.4. The number of hydrogen-bond donors (Lipinski definition) is 1. The molecule has 0 spiro atoms. The molecule has 0 aliphatic rings. The van der Waals surface area contributed by atoms with Crippen LogP contribution >= 0.6 is 15.9 Å². The highest BCUT2D eigenvalue weighted by Crippen LogP contribution is 2.28. The van der Waals surface area contributed by atoms with Gasteiger partial charge in [0.2, 0.25) is 0 Å². The maximum Gasteiger partial charge on any atom is 0.266 e. The SMILES string of the molecule is N#Cc1c(-c2ccc(Br)cc2)cc(-c2ccc(-c3ccccc3)cc2)[nH]c1=O. The van der Waals surface area contributed by atoms with E-state index in [-0.39, 0.29) is 11.1 Å². The van der Waals surface area contributed by atoms with E-state index in [1.165, 1.54) is 0 Å². The molecular weight excluding hydrogens is 412 g/mol. The number of aromatic amines is 1. The molecule has 4 rings (SSSR count). The van der Waals surface area contributed by atoms with E-state index in [9.17, 15) is 10.1 Å². The standard InChI is InChI=1S/C24H15BrN2O/c25-20-12-10-18(11-13-20)21-14-23(27-24(28)22(21)15-26)19-8-6-17(7-9-19)16-4-2-1-3-5-16/h1-14H,(H,27,28). The summed E-state index contributed by atoms with van der Waals surface area (Å²) < 4.78 is 0.941. The quantitative estimate of drug-likeness (QED) is 0.435. The van der Waals surface area contributed by atoms with Crippen LogP contribution in [0.1, 0.15) is 5.56 Å². The molecule has 0 amide bonds. The molecular formula is C24H15BrN2O. The van der Waals surface area contributed by atoms with Crippen molar-refractivity contribution in [3.05, 3.63) is 105 Å². The molecule has 1 N–H and O–H groups in total. The molecule has 0 fully saturated rings. The molecule has 0 saturated heterocycles. The van der Waals surface area contributed by atoms with Gasteiger partial charge in [-0.3, -0.25) is 4.79 Å². The first kappa shape index (κ1) is 18.0. The summed E-state index contributed by atoms with van der Waals surface area (Å²) in [5.74, 6) is 0. The Bertz CT molecular complexity index is 1220. The van der Waals surface area contributed by atoms with Crippen molar-refractivity contribution < 1.29 is 0 Å². The van der Waals surface area contributed by atoms with Gasteiger partial charge < -0.3 is 4.98 Å². The van der Waals surface area contributed by atoms with Crippen LogP contribution in [0.5, 0.6) is 0 Å². The van der Waals surface area contributed by atoms with Crippen LogP contribution in [0.4, 0.5) is 0 Å². The van der Waals surface area contributed by atoms with Gasteiger partial charge in [-0.2, -0.15) is 5.26 Å². The number of rotatable bonds is 3. The third kappa shape index (κ3) is 3.53. The van der Waals surface area contributed by atoms with Crippen LogP contribution in [0, 0.1) is 11.3 Å². The lowest BCUT2D eigenvalue weighted by molar-refractivity contribution is 1.22. The Kier molecular flexibility index (Phi) is 4.92. The van der Waals surface area contributed by atoms with Gasteiger partial charge in [0.1, 0.15) is 11.6 Å². The van der Waals surface area contributed by atoms with E-state index >= 15 is 0 Å². The maximum absolute atomic E-state index is 12.5. The fourth-order valence-corrected chi connectivity index (χ4v) is 3.42. The van der Waals surface area contributed by atoms with E-state index in [2.05, 4.69) is 33.0 Å². The van der Waals surface area contributed by atoms with E-state index in [1.54, 1.807) is 0 Å². The Labute approximate surface area is 171 Å². The number of H-pyrrole nitrogens is 1. The summed E-state index contributed by atoms with van der Waals surface area (Å²) in [6.45, 7) is 0. The molecule has 0 atom stereocenters. The van der Waals surface area contributed by atoms with Gasteiger partial charge in [-0.15, -0.1) is 0 Å². The monoisotopic (exact) mass is 426 g/mol. The number of hydrogen-bond acceptors (Lipinski definition) is 2. The topological polar surface area (TPSA) is 56.6 Å². The molecule has 3 nitrogen and oxygen atoms in total. The molecule has 4 heteroatoms. The van der Waals surface area contributed by atoms with Crippen molar-refractivity contribution in [2.24, 2.45) is 0 Å². The third-order valence-corrected chi connectivity index (χ3v) is 5.13. The predicted molar refractivity (Wildman–Crippen MR) is 116 cm³/mol. The normalized spacial score (nSPS) is 10.4. The first-order chi connectivity index (χ1) is 13.7. The minimum Gasteiger partial charge on any atom is -0.321 e. The van der Waals surface area contributed by atoms with Crippen LogP contribution < -0.4 is 5.56 Å². The van der Waals surface area contributed by atoms with Gasteiger partial charge in [0, 0.05) is 15.7 Å². The zero-order chi connectivity index (χ0) is 19.5. The first-order valence-corrected chi connectivity index (χ1v) is 9.54. The highest BCUT2D eigenvalue weighted by Gasteiger charge is 2.12. The van der Waals surface area contributed by atoms with E-state index in [4.69, 9.17) is 0 Å².